The topological polar surface area (TPSA) is 29.0 Å². The Bertz CT molecular complexity index is 696. The van der Waals surface area contributed by atoms with Crippen LogP contribution < -0.4 is 4.90 Å². The van der Waals surface area contributed by atoms with Gasteiger partial charge in [0.1, 0.15) is 5.15 Å². The molecule has 102 valence electrons. The Morgan fingerprint density at radius 2 is 2.05 bits per heavy atom. The normalized spacial score (nSPS) is 16.4. The first-order chi connectivity index (χ1) is 9.72. The maximum Gasteiger partial charge on any atom is 0.161 e. The first-order valence-corrected chi connectivity index (χ1v) is 7.50. The van der Waals surface area contributed by atoms with Crippen molar-refractivity contribution in [3.63, 3.8) is 0 Å². The molecule has 1 aromatic carbocycles. The van der Waals surface area contributed by atoms with Crippen molar-refractivity contribution >= 4 is 17.3 Å². The predicted octanol–water partition coefficient (Wildman–Crippen LogP) is 3.28. The second-order valence-corrected chi connectivity index (χ2v) is 5.99. The molecule has 4 heteroatoms. The van der Waals surface area contributed by atoms with Gasteiger partial charge < -0.3 is 4.90 Å². The lowest BCUT2D eigenvalue weighted by Gasteiger charge is -2.12. The van der Waals surface area contributed by atoms with Gasteiger partial charge in [-0.15, -0.1) is 0 Å². The fourth-order valence-corrected chi connectivity index (χ4v) is 3.51. The van der Waals surface area contributed by atoms with E-state index in [0.717, 1.165) is 54.9 Å². The van der Waals surface area contributed by atoms with Crippen molar-refractivity contribution in [3.8, 4) is 11.4 Å². The molecule has 2 aromatic rings. The van der Waals surface area contributed by atoms with E-state index in [2.05, 4.69) is 35.1 Å². The number of aryl methyl sites for hydroxylation is 1. The van der Waals surface area contributed by atoms with Crippen LogP contribution >= 0.6 is 11.6 Å². The maximum absolute atomic E-state index is 6.31. The van der Waals surface area contributed by atoms with Crippen LogP contribution in [0.1, 0.15) is 23.2 Å². The van der Waals surface area contributed by atoms with Gasteiger partial charge >= 0.3 is 0 Å². The van der Waals surface area contributed by atoms with E-state index in [9.17, 15) is 0 Å². The van der Waals surface area contributed by atoms with Crippen LogP contribution in [0.5, 0.6) is 0 Å². The molecule has 0 N–H and O–H groups in total. The van der Waals surface area contributed by atoms with Crippen LogP contribution in [-0.4, -0.2) is 23.6 Å². The molecule has 2 aliphatic rings. The van der Waals surface area contributed by atoms with Gasteiger partial charge in [-0.1, -0.05) is 11.6 Å². The molecule has 2 heterocycles. The molecule has 0 unspecified atom stereocenters. The summed E-state index contributed by atoms with van der Waals surface area (Å²) in [5, 5.41) is 0.639. The highest BCUT2D eigenvalue weighted by Crippen LogP contribution is 2.32. The number of likely N-dealkylation sites (N-methyl/N-ethyl adjacent to an activating group) is 1. The van der Waals surface area contributed by atoms with Crippen LogP contribution in [0.3, 0.4) is 0 Å². The molecule has 0 bridgehead atoms. The van der Waals surface area contributed by atoms with Gasteiger partial charge in [-0.25, -0.2) is 9.97 Å². The molecule has 1 aromatic heterocycles. The molecule has 0 atom stereocenters. The molecule has 0 saturated heterocycles. The van der Waals surface area contributed by atoms with E-state index in [-0.39, 0.29) is 0 Å². The van der Waals surface area contributed by atoms with Gasteiger partial charge in [0.15, 0.2) is 5.82 Å². The number of hydrogen-bond acceptors (Lipinski definition) is 3. The highest BCUT2D eigenvalue weighted by molar-refractivity contribution is 6.30. The molecular weight excluding hydrogens is 270 g/mol. The molecule has 0 spiro atoms. The molecule has 0 radical (unpaired) electrons. The highest BCUT2D eigenvalue weighted by Gasteiger charge is 2.20. The number of rotatable bonds is 1. The summed E-state index contributed by atoms with van der Waals surface area (Å²) in [6.45, 7) is 1.09. The van der Waals surface area contributed by atoms with Gasteiger partial charge in [0.25, 0.3) is 0 Å². The summed E-state index contributed by atoms with van der Waals surface area (Å²) in [4.78, 5) is 11.5. The third-order valence-electron chi connectivity index (χ3n) is 4.35. The van der Waals surface area contributed by atoms with E-state index < -0.39 is 0 Å². The fraction of sp³-hybridized carbons (Fsp3) is 0.375. The molecule has 0 fully saturated rings. The Morgan fingerprint density at radius 3 is 2.95 bits per heavy atom. The summed E-state index contributed by atoms with van der Waals surface area (Å²) in [5.74, 6) is 0.771. The van der Waals surface area contributed by atoms with Crippen LogP contribution in [0, 0.1) is 0 Å². The van der Waals surface area contributed by atoms with Crippen LogP contribution in [-0.2, 0) is 19.3 Å². The van der Waals surface area contributed by atoms with Crippen molar-refractivity contribution in [2.45, 2.75) is 25.7 Å². The first-order valence-electron chi connectivity index (χ1n) is 7.12. The van der Waals surface area contributed by atoms with Crippen molar-refractivity contribution in [2.75, 3.05) is 18.5 Å². The molecular formula is C16H16ClN3. The Labute approximate surface area is 123 Å². The number of anilines is 1. The van der Waals surface area contributed by atoms with E-state index >= 15 is 0 Å². The second-order valence-electron chi connectivity index (χ2n) is 5.63. The predicted molar refractivity (Wildman–Crippen MR) is 81.5 cm³/mol. The van der Waals surface area contributed by atoms with E-state index in [1.165, 1.54) is 11.3 Å². The van der Waals surface area contributed by atoms with Crippen molar-refractivity contribution in [3.05, 3.63) is 40.2 Å². The maximum atomic E-state index is 6.31. The minimum Gasteiger partial charge on any atom is -0.374 e. The van der Waals surface area contributed by atoms with Crippen LogP contribution in [0.25, 0.3) is 11.4 Å². The first kappa shape index (κ1) is 12.2. The van der Waals surface area contributed by atoms with E-state index in [4.69, 9.17) is 16.6 Å². The zero-order valence-electron chi connectivity index (χ0n) is 11.5. The van der Waals surface area contributed by atoms with E-state index in [1.807, 2.05) is 0 Å². The summed E-state index contributed by atoms with van der Waals surface area (Å²) in [6.07, 6.45) is 4.28. The molecule has 0 saturated carbocycles. The largest absolute Gasteiger partial charge is 0.374 e. The lowest BCUT2D eigenvalue weighted by Crippen LogP contribution is -2.12. The molecule has 1 aliphatic heterocycles. The average Bonchev–Trinajstić information content (AvgIpc) is 3.06. The van der Waals surface area contributed by atoms with Gasteiger partial charge in [-0.05, 0) is 49.4 Å². The molecule has 3 nitrogen and oxygen atoms in total. The lowest BCUT2D eigenvalue weighted by molar-refractivity contribution is 0.900. The molecule has 1 aliphatic carbocycles. The quantitative estimate of drug-likeness (QED) is 0.753. The minimum absolute atomic E-state index is 0.639. The summed E-state index contributed by atoms with van der Waals surface area (Å²) < 4.78 is 0. The molecule has 0 amide bonds. The summed E-state index contributed by atoms with van der Waals surface area (Å²) in [7, 11) is 2.13. The van der Waals surface area contributed by atoms with Crippen molar-refractivity contribution in [1.82, 2.24) is 9.97 Å². The SMILES string of the molecule is CN1CCc2cc(-c3nc(Cl)c4c(n3)CCC4)ccc21. The van der Waals surface area contributed by atoms with Crippen molar-refractivity contribution in [2.24, 2.45) is 0 Å². The lowest BCUT2D eigenvalue weighted by atomic mass is 10.1. The number of hydrogen-bond donors (Lipinski definition) is 0. The Morgan fingerprint density at radius 1 is 1.15 bits per heavy atom. The second kappa shape index (κ2) is 4.45. The summed E-state index contributed by atoms with van der Waals surface area (Å²) >= 11 is 6.31. The molecule has 4 rings (SSSR count). The van der Waals surface area contributed by atoms with Crippen LogP contribution in [0.4, 0.5) is 5.69 Å². The third-order valence-corrected chi connectivity index (χ3v) is 4.66. The van der Waals surface area contributed by atoms with E-state index in [0.29, 0.717) is 5.15 Å². The Balaban J connectivity index is 1.80. The summed E-state index contributed by atoms with van der Waals surface area (Å²) in [6, 6.07) is 6.49. The van der Waals surface area contributed by atoms with Gasteiger partial charge in [-0.2, -0.15) is 0 Å². The van der Waals surface area contributed by atoms with Gasteiger partial charge in [0, 0.05) is 36.1 Å². The van der Waals surface area contributed by atoms with E-state index in [1.54, 1.807) is 0 Å². The summed E-state index contributed by atoms with van der Waals surface area (Å²) in [5.41, 5.74) is 6.07. The number of nitrogens with zero attached hydrogens (tertiary/aromatic N) is 3. The fourth-order valence-electron chi connectivity index (χ4n) is 3.22. The number of aromatic nitrogens is 2. The standard InChI is InChI=1S/C16H16ClN3/c1-20-8-7-10-9-11(5-6-14(10)20)16-18-13-4-2-3-12(13)15(17)19-16/h5-6,9H,2-4,7-8H2,1H3. The number of fused-ring (bicyclic) bond motifs is 2. The molecule has 20 heavy (non-hydrogen) atoms. The Kier molecular flexibility index (Phi) is 2.71. The van der Waals surface area contributed by atoms with Gasteiger partial charge in [0.2, 0.25) is 0 Å². The smallest absolute Gasteiger partial charge is 0.161 e. The Hall–Kier alpha value is -1.61. The van der Waals surface area contributed by atoms with Crippen molar-refractivity contribution in [1.29, 1.82) is 0 Å². The zero-order chi connectivity index (χ0) is 13.7. The third kappa shape index (κ3) is 1.80. The average molecular weight is 286 g/mol. The number of halogens is 1. The zero-order valence-corrected chi connectivity index (χ0v) is 12.2. The van der Waals surface area contributed by atoms with Gasteiger partial charge in [0.05, 0.1) is 0 Å². The minimum atomic E-state index is 0.639. The monoisotopic (exact) mass is 285 g/mol. The van der Waals surface area contributed by atoms with Gasteiger partial charge in [-0.3, -0.25) is 0 Å². The van der Waals surface area contributed by atoms with Crippen molar-refractivity contribution < 1.29 is 0 Å². The number of benzene rings is 1. The van der Waals surface area contributed by atoms with Crippen LogP contribution in [0.15, 0.2) is 18.2 Å². The van der Waals surface area contributed by atoms with Crippen LogP contribution in [0.2, 0.25) is 5.15 Å². The highest BCUT2D eigenvalue weighted by atomic mass is 35.5.